The van der Waals surface area contributed by atoms with Crippen molar-refractivity contribution in [2.75, 3.05) is 0 Å². The molecular formula is C24H22O2. The van der Waals surface area contributed by atoms with Crippen LogP contribution in [-0.2, 0) is 10.2 Å². The Morgan fingerprint density at radius 1 is 0.808 bits per heavy atom. The monoisotopic (exact) mass is 342 g/mol. The van der Waals surface area contributed by atoms with E-state index in [1.807, 2.05) is 31.2 Å². The molecule has 0 radical (unpaired) electrons. The smallest absolute Gasteiger partial charge is 0.323 e. The van der Waals surface area contributed by atoms with E-state index in [0.717, 1.165) is 22.4 Å². The number of esters is 1. The fourth-order valence-electron chi connectivity index (χ4n) is 3.76. The average Bonchev–Trinajstić information content (AvgIpc) is 3.00. The van der Waals surface area contributed by atoms with Gasteiger partial charge in [0.25, 0.3) is 0 Å². The number of ether oxygens (including phenoxy) is 1. The summed E-state index contributed by atoms with van der Waals surface area (Å²) < 4.78 is 5.53. The molecule has 3 aromatic carbocycles. The van der Waals surface area contributed by atoms with Crippen molar-refractivity contribution in [2.24, 2.45) is 0 Å². The molecule has 26 heavy (non-hydrogen) atoms. The lowest BCUT2D eigenvalue weighted by molar-refractivity contribution is -0.133. The Balaban J connectivity index is 1.70. The van der Waals surface area contributed by atoms with Crippen molar-refractivity contribution < 1.29 is 9.53 Å². The van der Waals surface area contributed by atoms with E-state index in [2.05, 4.69) is 62.4 Å². The summed E-state index contributed by atoms with van der Waals surface area (Å²) in [6.45, 7) is 6.42. The van der Waals surface area contributed by atoms with Gasteiger partial charge in [0.05, 0.1) is 0 Å². The molecule has 0 saturated heterocycles. The molecule has 0 aromatic heterocycles. The molecule has 0 aliphatic carbocycles. The number of carbonyl (C=O) groups excluding carboxylic acids is 1. The summed E-state index contributed by atoms with van der Waals surface area (Å²) in [5.41, 5.74) is 5.35. The number of carbonyl (C=O) groups is 1. The second kappa shape index (κ2) is 6.14. The van der Waals surface area contributed by atoms with Crippen LogP contribution in [0.3, 0.4) is 0 Å². The minimum absolute atomic E-state index is 0.0928. The molecule has 2 nitrogen and oxygen atoms in total. The number of hydrogen-bond donors (Lipinski definition) is 0. The molecule has 0 amide bonds. The molecule has 1 aliphatic heterocycles. The number of benzene rings is 3. The van der Waals surface area contributed by atoms with Crippen molar-refractivity contribution in [1.82, 2.24) is 0 Å². The standard InChI is InChI=1S/C24H22O2/c1-16-8-7-11-20-21(23(25)26-22(16)20)17-12-14-19(15-13-17)24(2,3)18-9-5-4-6-10-18/h4-15,21H,1-3H3. The van der Waals surface area contributed by atoms with Crippen LogP contribution in [0.4, 0.5) is 0 Å². The van der Waals surface area contributed by atoms with E-state index < -0.39 is 0 Å². The molecular weight excluding hydrogens is 320 g/mol. The molecule has 130 valence electrons. The largest absolute Gasteiger partial charge is 0.425 e. The Bertz CT molecular complexity index is 953. The third-order valence-corrected chi connectivity index (χ3v) is 5.45. The average molecular weight is 342 g/mol. The normalized spacial score (nSPS) is 16.3. The first kappa shape index (κ1) is 16.6. The molecule has 0 N–H and O–H groups in total. The van der Waals surface area contributed by atoms with Crippen LogP contribution in [0, 0.1) is 6.92 Å². The van der Waals surface area contributed by atoms with E-state index >= 15 is 0 Å². The number of fused-ring (bicyclic) bond motifs is 1. The predicted molar refractivity (Wildman–Crippen MR) is 104 cm³/mol. The second-order valence-corrected chi connectivity index (χ2v) is 7.46. The van der Waals surface area contributed by atoms with Crippen molar-refractivity contribution in [3.63, 3.8) is 0 Å². The summed E-state index contributed by atoms with van der Waals surface area (Å²) in [6, 6.07) is 24.8. The summed E-state index contributed by atoms with van der Waals surface area (Å²) in [6.07, 6.45) is 0. The first-order chi connectivity index (χ1) is 12.5. The molecule has 0 spiro atoms. The van der Waals surface area contributed by atoms with Crippen LogP contribution in [0.25, 0.3) is 0 Å². The maximum absolute atomic E-state index is 12.5. The van der Waals surface area contributed by atoms with Gasteiger partial charge in [0.1, 0.15) is 11.7 Å². The molecule has 1 atom stereocenters. The van der Waals surface area contributed by atoms with Crippen LogP contribution in [0.1, 0.15) is 47.6 Å². The summed E-state index contributed by atoms with van der Waals surface area (Å²) in [5, 5.41) is 0. The van der Waals surface area contributed by atoms with Gasteiger partial charge in [-0.25, -0.2) is 0 Å². The lowest BCUT2D eigenvalue weighted by Crippen LogP contribution is -2.19. The highest BCUT2D eigenvalue weighted by Gasteiger charge is 2.35. The van der Waals surface area contributed by atoms with Gasteiger partial charge in [-0.15, -0.1) is 0 Å². The molecule has 0 saturated carbocycles. The third kappa shape index (κ3) is 2.62. The lowest BCUT2D eigenvalue weighted by Gasteiger charge is -2.26. The van der Waals surface area contributed by atoms with E-state index in [1.54, 1.807) is 0 Å². The minimum atomic E-state index is -0.334. The highest BCUT2D eigenvalue weighted by Crippen LogP contribution is 2.41. The molecule has 4 rings (SSSR count). The van der Waals surface area contributed by atoms with Crippen LogP contribution in [0.2, 0.25) is 0 Å². The molecule has 0 fully saturated rings. The molecule has 1 heterocycles. The van der Waals surface area contributed by atoms with E-state index in [-0.39, 0.29) is 17.3 Å². The zero-order chi connectivity index (χ0) is 18.3. The predicted octanol–water partition coefficient (Wildman–Crippen LogP) is 5.37. The molecule has 3 aromatic rings. The number of rotatable bonds is 3. The number of para-hydroxylation sites is 1. The summed E-state index contributed by atoms with van der Waals surface area (Å²) in [7, 11) is 0. The van der Waals surface area contributed by atoms with Crippen molar-refractivity contribution in [3.8, 4) is 5.75 Å². The van der Waals surface area contributed by atoms with Gasteiger partial charge < -0.3 is 4.74 Å². The van der Waals surface area contributed by atoms with Gasteiger partial charge in [-0.3, -0.25) is 4.79 Å². The first-order valence-electron chi connectivity index (χ1n) is 8.95. The van der Waals surface area contributed by atoms with Crippen molar-refractivity contribution in [2.45, 2.75) is 32.1 Å². The maximum Gasteiger partial charge on any atom is 0.323 e. The van der Waals surface area contributed by atoms with E-state index in [1.165, 1.54) is 11.1 Å². The number of hydrogen-bond acceptors (Lipinski definition) is 2. The van der Waals surface area contributed by atoms with E-state index in [4.69, 9.17) is 4.74 Å². The molecule has 1 unspecified atom stereocenters. The fourth-order valence-corrected chi connectivity index (χ4v) is 3.76. The summed E-state index contributed by atoms with van der Waals surface area (Å²) >= 11 is 0. The fraction of sp³-hybridized carbons (Fsp3) is 0.208. The van der Waals surface area contributed by atoms with Gasteiger partial charge in [0, 0.05) is 11.0 Å². The van der Waals surface area contributed by atoms with Gasteiger partial charge in [-0.2, -0.15) is 0 Å². The van der Waals surface area contributed by atoms with Crippen LogP contribution in [-0.4, -0.2) is 5.97 Å². The van der Waals surface area contributed by atoms with Crippen molar-refractivity contribution in [1.29, 1.82) is 0 Å². The molecule has 1 aliphatic rings. The Morgan fingerprint density at radius 3 is 2.15 bits per heavy atom. The Hall–Kier alpha value is -2.87. The zero-order valence-electron chi connectivity index (χ0n) is 15.3. The minimum Gasteiger partial charge on any atom is -0.425 e. The van der Waals surface area contributed by atoms with Crippen LogP contribution in [0.15, 0.2) is 72.8 Å². The third-order valence-electron chi connectivity index (χ3n) is 5.45. The summed E-state index contributed by atoms with van der Waals surface area (Å²) in [4.78, 5) is 12.5. The van der Waals surface area contributed by atoms with E-state index in [9.17, 15) is 4.79 Å². The Morgan fingerprint density at radius 2 is 1.46 bits per heavy atom. The highest BCUT2D eigenvalue weighted by molar-refractivity contribution is 5.90. The molecule has 0 bridgehead atoms. The summed E-state index contributed by atoms with van der Waals surface area (Å²) in [5.74, 6) is 0.194. The van der Waals surface area contributed by atoms with Gasteiger partial charge >= 0.3 is 5.97 Å². The Labute approximate surface area is 154 Å². The van der Waals surface area contributed by atoms with Crippen LogP contribution in [0.5, 0.6) is 5.75 Å². The van der Waals surface area contributed by atoms with Gasteiger partial charge in [-0.1, -0.05) is 86.6 Å². The second-order valence-electron chi connectivity index (χ2n) is 7.46. The van der Waals surface area contributed by atoms with Gasteiger partial charge in [-0.05, 0) is 29.2 Å². The molecule has 2 heteroatoms. The lowest BCUT2D eigenvalue weighted by atomic mass is 9.77. The highest BCUT2D eigenvalue weighted by atomic mass is 16.5. The van der Waals surface area contributed by atoms with Crippen LogP contribution >= 0.6 is 0 Å². The SMILES string of the molecule is Cc1cccc2c1OC(=O)C2c1ccc(C(C)(C)c2ccccc2)cc1. The van der Waals surface area contributed by atoms with Gasteiger partial charge in [0.15, 0.2) is 0 Å². The van der Waals surface area contributed by atoms with E-state index in [0.29, 0.717) is 0 Å². The van der Waals surface area contributed by atoms with Gasteiger partial charge in [0.2, 0.25) is 0 Å². The topological polar surface area (TPSA) is 26.3 Å². The first-order valence-corrected chi connectivity index (χ1v) is 8.95. The quantitative estimate of drug-likeness (QED) is 0.472. The van der Waals surface area contributed by atoms with Crippen molar-refractivity contribution in [3.05, 3.63) is 101 Å². The maximum atomic E-state index is 12.5. The zero-order valence-corrected chi connectivity index (χ0v) is 15.3. The van der Waals surface area contributed by atoms with Crippen LogP contribution < -0.4 is 4.74 Å². The number of aryl methyl sites for hydroxylation is 1. The Kier molecular flexibility index (Phi) is 3.91. The van der Waals surface area contributed by atoms with Crippen molar-refractivity contribution >= 4 is 5.97 Å².